The summed E-state index contributed by atoms with van der Waals surface area (Å²) in [7, 11) is 1.62. The molecule has 0 radical (unpaired) electrons. The SMILES string of the molecule is COc1cccc(CCC(=O)NCCO)c1. The lowest BCUT2D eigenvalue weighted by molar-refractivity contribution is -0.121. The van der Waals surface area contributed by atoms with E-state index in [1.807, 2.05) is 24.3 Å². The fraction of sp³-hybridized carbons (Fsp3) is 0.417. The maximum atomic E-state index is 11.3. The number of methoxy groups -OCH3 is 1. The van der Waals surface area contributed by atoms with E-state index < -0.39 is 0 Å². The first-order valence-corrected chi connectivity index (χ1v) is 5.26. The number of carbonyl (C=O) groups excluding carboxylic acids is 1. The molecule has 0 aromatic heterocycles. The lowest BCUT2D eigenvalue weighted by Crippen LogP contribution is -2.26. The highest BCUT2D eigenvalue weighted by molar-refractivity contribution is 5.76. The molecule has 0 aliphatic carbocycles. The van der Waals surface area contributed by atoms with E-state index in [0.717, 1.165) is 11.3 Å². The molecular weight excluding hydrogens is 206 g/mol. The third kappa shape index (κ3) is 4.31. The quantitative estimate of drug-likeness (QED) is 0.747. The van der Waals surface area contributed by atoms with Gasteiger partial charge in [0, 0.05) is 13.0 Å². The van der Waals surface area contributed by atoms with E-state index in [9.17, 15) is 4.79 Å². The van der Waals surface area contributed by atoms with Gasteiger partial charge in [0.05, 0.1) is 13.7 Å². The summed E-state index contributed by atoms with van der Waals surface area (Å²) in [4.78, 5) is 11.3. The zero-order valence-electron chi connectivity index (χ0n) is 9.40. The molecule has 16 heavy (non-hydrogen) atoms. The van der Waals surface area contributed by atoms with Gasteiger partial charge >= 0.3 is 0 Å². The van der Waals surface area contributed by atoms with Crippen LogP contribution in [0.4, 0.5) is 0 Å². The van der Waals surface area contributed by atoms with Crippen molar-refractivity contribution in [1.29, 1.82) is 0 Å². The van der Waals surface area contributed by atoms with Gasteiger partial charge in [-0.3, -0.25) is 4.79 Å². The molecule has 0 saturated heterocycles. The van der Waals surface area contributed by atoms with Crippen molar-refractivity contribution in [2.45, 2.75) is 12.8 Å². The highest BCUT2D eigenvalue weighted by atomic mass is 16.5. The summed E-state index contributed by atoms with van der Waals surface area (Å²) in [5.41, 5.74) is 1.07. The second-order valence-electron chi connectivity index (χ2n) is 3.43. The molecule has 0 aliphatic heterocycles. The number of rotatable bonds is 6. The first-order chi connectivity index (χ1) is 7.76. The Morgan fingerprint density at radius 1 is 1.50 bits per heavy atom. The zero-order valence-corrected chi connectivity index (χ0v) is 9.40. The molecule has 0 saturated carbocycles. The van der Waals surface area contributed by atoms with Gasteiger partial charge in [-0.2, -0.15) is 0 Å². The van der Waals surface area contributed by atoms with Crippen molar-refractivity contribution >= 4 is 5.91 Å². The van der Waals surface area contributed by atoms with Crippen LogP contribution in [0.1, 0.15) is 12.0 Å². The number of aryl methyl sites for hydroxylation is 1. The number of amides is 1. The summed E-state index contributed by atoms with van der Waals surface area (Å²) in [6, 6.07) is 7.65. The summed E-state index contributed by atoms with van der Waals surface area (Å²) < 4.78 is 5.09. The van der Waals surface area contributed by atoms with Crippen LogP contribution in [-0.4, -0.2) is 31.3 Å². The molecule has 0 unspecified atom stereocenters. The van der Waals surface area contributed by atoms with Crippen LogP contribution in [-0.2, 0) is 11.2 Å². The molecule has 1 rings (SSSR count). The Bertz CT molecular complexity index is 339. The number of nitrogens with one attached hydrogen (secondary N) is 1. The third-order valence-electron chi connectivity index (χ3n) is 2.21. The summed E-state index contributed by atoms with van der Waals surface area (Å²) in [6.07, 6.45) is 1.10. The molecule has 0 bridgehead atoms. The molecule has 4 heteroatoms. The number of aliphatic hydroxyl groups is 1. The molecular formula is C12H17NO3. The Hall–Kier alpha value is -1.55. The van der Waals surface area contributed by atoms with Gasteiger partial charge in [0.1, 0.15) is 5.75 Å². The van der Waals surface area contributed by atoms with Crippen LogP contribution in [0.5, 0.6) is 5.75 Å². The van der Waals surface area contributed by atoms with E-state index in [0.29, 0.717) is 19.4 Å². The summed E-state index contributed by atoms with van der Waals surface area (Å²) >= 11 is 0. The van der Waals surface area contributed by atoms with Gasteiger partial charge in [-0.05, 0) is 24.1 Å². The number of aliphatic hydroxyl groups excluding tert-OH is 1. The largest absolute Gasteiger partial charge is 0.497 e. The monoisotopic (exact) mass is 223 g/mol. The first-order valence-electron chi connectivity index (χ1n) is 5.26. The average molecular weight is 223 g/mol. The van der Waals surface area contributed by atoms with Crippen LogP contribution < -0.4 is 10.1 Å². The van der Waals surface area contributed by atoms with Crippen LogP contribution in [0.15, 0.2) is 24.3 Å². The normalized spacial score (nSPS) is 9.88. The van der Waals surface area contributed by atoms with Gasteiger partial charge in [-0.25, -0.2) is 0 Å². The van der Waals surface area contributed by atoms with E-state index in [2.05, 4.69) is 5.32 Å². The topological polar surface area (TPSA) is 58.6 Å². The molecule has 0 aliphatic rings. The number of carbonyl (C=O) groups is 1. The lowest BCUT2D eigenvalue weighted by atomic mass is 10.1. The number of benzene rings is 1. The summed E-state index contributed by atoms with van der Waals surface area (Å²) in [5, 5.41) is 11.1. The Balaban J connectivity index is 2.38. The molecule has 0 heterocycles. The van der Waals surface area contributed by atoms with Crippen molar-refractivity contribution < 1.29 is 14.6 Å². The Labute approximate surface area is 95.2 Å². The number of ether oxygens (including phenoxy) is 1. The highest BCUT2D eigenvalue weighted by Crippen LogP contribution is 2.13. The Kier molecular flexibility index (Phi) is 5.36. The minimum Gasteiger partial charge on any atom is -0.497 e. The van der Waals surface area contributed by atoms with Gasteiger partial charge in [-0.15, -0.1) is 0 Å². The van der Waals surface area contributed by atoms with E-state index in [1.165, 1.54) is 0 Å². The molecule has 2 N–H and O–H groups in total. The summed E-state index contributed by atoms with van der Waals surface area (Å²) in [6.45, 7) is 0.293. The van der Waals surface area contributed by atoms with Crippen LogP contribution in [0.2, 0.25) is 0 Å². The lowest BCUT2D eigenvalue weighted by Gasteiger charge is -2.05. The van der Waals surface area contributed by atoms with Crippen LogP contribution in [0.3, 0.4) is 0 Å². The van der Waals surface area contributed by atoms with Crippen LogP contribution in [0, 0.1) is 0 Å². The number of hydrogen-bond acceptors (Lipinski definition) is 3. The van der Waals surface area contributed by atoms with E-state index in [-0.39, 0.29) is 12.5 Å². The van der Waals surface area contributed by atoms with Crippen molar-refractivity contribution in [2.75, 3.05) is 20.3 Å². The minimum absolute atomic E-state index is 0.0229. The number of hydrogen-bond donors (Lipinski definition) is 2. The van der Waals surface area contributed by atoms with Crippen molar-refractivity contribution in [1.82, 2.24) is 5.32 Å². The molecule has 4 nitrogen and oxygen atoms in total. The van der Waals surface area contributed by atoms with E-state index >= 15 is 0 Å². The third-order valence-corrected chi connectivity index (χ3v) is 2.21. The second kappa shape index (κ2) is 6.85. The van der Waals surface area contributed by atoms with Crippen molar-refractivity contribution in [2.24, 2.45) is 0 Å². The van der Waals surface area contributed by atoms with E-state index in [1.54, 1.807) is 7.11 Å². The van der Waals surface area contributed by atoms with Gasteiger partial charge < -0.3 is 15.2 Å². The van der Waals surface area contributed by atoms with Crippen molar-refractivity contribution in [3.05, 3.63) is 29.8 Å². The first kappa shape index (κ1) is 12.5. The Morgan fingerprint density at radius 2 is 2.31 bits per heavy atom. The van der Waals surface area contributed by atoms with E-state index in [4.69, 9.17) is 9.84 Å². The molecule has 88 valence electrons. The van der Waals surface area contributed by atoms with Gasteiger partial charge in [-0.1, -0.05) is 12.1 Å². The fourth-order valence-electron chi connectivity index (χ4n) is 1.37. The van der Waals surface area contributed by atoms with Crippen molar-refractivity contribution in [3.8, 4) is 5.75 Å². The van der Waals surface area contributed by atoms with Gasteiger partial charge in [0.15, 0.2) is 0 Å². The summed E-state index contributed by atoms with van der Waals surface area (Å²) in [5.74, 6) is 0.755. The molecule has 1 aromatic carbocycles. The van der Waals surface area contributed by atoms with Gasteiger partial charge in [0.25, 0.3) is 0 Å². The standard InChI is InChI=1S/C12H17NO3/c1-16-11-4-2-3-10(9-11)5-6-12(15)13-7-8-14/h2-4,9,14H,5-8H2,1H3,(H,13,15). The fourth-order valence-corrected chi connectivity index (χ4v) is 1.37. The Morgan fingerprint density at radius 3 is 3.00 bits per heavy atom. The molecule has 1 amide bonds. The zero-order chi connectivity index (χ0) is 11.8. The predicted octanol–water partition coefficient (Wildman–Crippen LogP) is 0.736. The minimum atomic E-state index is -0.0446. The molecule has 0 atom stereocenters. The van der Waals surface area contributed by atoms with Crippen molar-refractivity contribution in [3.63, 3.8) is 0 Å². The van der Waals surface area contributed by atoms with Gasteiger partial charge in [0.2, 0.25) is 5.91 Å². The predicted molar refractivity (Wildman–Crippen MR) is 61.4 cm³/mol. The molecule has 0 spiro atoms. The molecule has 1 aromatic rings. The smallest absolute Gasteiger partial charge is 0.220 e. The second-order valence-corrected chi connectivity index (χ2v) is 3.43. The van der Waals surface area contributed by atoms with Crippen LogP contribution in [0.25, 0.3) is 0 Å². The average Bonchev–Trinajstić information content (AvgIpc) is 2.34. The maximum Gasteiger partial charge on any atom is 0.220 e. The maximum absolute atomic E-state index is 11.3. The highest BCUT2D eigenvalue weighted by Gasteiger charge is 2.02. The van der Waals surface area contributed by atoms with Crippen LogP contribution >= 0.6 is 0 Å². The molecule has 0 fully saturated rings.